The minimum atomic E-state index is -2.72. The molecular weight excluding hydrogens is 440 g/mol. The van der Waals surface area contributed by atoms with E-state index in [4.69, 9.17) is 15.3 Å². The molecule has 1 saturated heterocycles. The van der Waals surface area contributed by atoms with E-state index in [9.17, 15) is 9.00 Å². The highest BCUT2D eigenvalue weighted by molar-refractivity contribution is 7.98. The Balaban J connectivity index is 2.02. The molecule has 0 bridgehead atoms. The number of aliphatic hydroxyl groups is 1. The fourth-order valence-corrected chi connectivity index (χ4v) is 5.76. The maximum atomic E-state index is 13.6. The van der Waals surface area contributed by atoms with Gasteiger partial charge in [-0.3, -0.25) is 4.79 Å². The first-order valence-corrected chi connectivity index (χ1v) is 13.1. The van der Waals surface area contributed by atoms with Crippen molar-refractivity contribution in [2.24, 2.45) is 5.92 Å². The first kappa shape index (κ1) is 25.1. The van der Waals surface area contributed by atoms with Crippen molar-refractivity contribution in [1.29, 1.82) is 5.41 Å². The normalized spacial score (nSPS) is 16.2. The molecule has 1 fully saturated rings. The van der Waals surface area contributed by atoms with Gasteiger partial charge in [0.25, 0.3) is 5.56 Å². The van der Waals surface area contributed by atoms with E-state index in [1.165, 1.54) is 0 Å². The Morgan fingerprint density at radius 1 is 1.39 bits per heavy atom. The molecule has 0 radical (unpaired) electrons. The van der Waals surface area contributed by atoms with Gasteiger partial charge in [0.15, 0.2) is 0 Å². The lowest BCUT2D eigenvalue weighted by Gasteiger charge is -2.41. The second-order valence-electron chi connectivity index (χ2n) is 8.43. The minimum Gasteiger partial charge on any atom is -0.493 e. The van der Waals surface area contributed by atoms with Gasteiger partial charge in [0.1, 0.15) is 11.6 Å². The number of H-pyrrole nitrogens is 1. The summed E-state index contributed by atoms with van der Waals surface area (Å²) in [6.07, 6.45) is 2.94. The molecule has 0 saturated carbocycles. The van der Waals surface area contributed by atoms with E-state index in [2.05, 4.69) is 15.8 Å². The van der Waals surface area contributed by atoms with Gasteiger partial charge in [0.05, 0.1) is 33.3 Å². The summed E-state index contributed by atoms with van der Waals surface area (Å²) in [5.41, 5.74) is 1.29. The minimum absolute atomic E-state index is 0.165. The number of nitrogens with zero attached hydrogens (tertiary/aromatic N) is 2. The van der Waals surface area contributed by atoms with Crippen molar-refractivity contribution in [1.82, 2.24) is 14.3 Å². The molecule has 3 N–H and O–H groups in total. The number of hydrogen-bond acceptors (Lipinski definition) is 6. The molecule has 180 valence electrons. The van der Waals surface area contributed by atoms with E-state index in [1.807, 2.05) is 18.2 Å². The van der Waals surface area contributed by atoms with Crippen molar-refractivity contribution in [2.75, 3.05) is 26.3 Å². The third-order valence-electron chi connectivity index (χ3n) is 5.92. The zero-order valence-electron chi connectivity index (χ0n) is 19.6. The quantitative estimate of drug-likeness (QED) is 0.342. The Bertz CT molecular complexity index is 1170. The summed E-state index contributed by atoms with van der Waals surface area (Å²) in [4.78, 5) is 20.6. The molecule has 1 aromatic heterocycles. The Morgan fingerprint density at radius 2 is 2.12 bits per heavy atom. The van der Waals surface area contributed by atoms with Crippen molar-refractivity contribution in [2.45, 2.75) is 51.3 Å². The van der Waals surface area contributed by atoms with Crippen LogP contribution in [0.15, 0.2) is 27.9 Å². The van der Waals surface area contributed by atoms with E-state index >= 15 is 0 Å². The molecule has 1 unspecified atom stereocenters. The number of ether oxygens (including phenoxy) is 1. The van der Waals surface area contributed by atoms with Crippen LogP contribution >= 0.6 is 0 Å². The first-order chi connectivity index (χ1) is 15.7. The molecule has 2 heterocycles. The lowest BCUT2D eigenvalue weighted by molar-refractivity contribution is 0.179. The first-order valence-electron chi connectivity index (χ1n) is 11.4. The van der Waals surface area contributed by atoms with Crippen LogP contribution in [0.5, 0.6) is 5.75 Å². The molecule has 0 amide bonds. The van der Waals surface area contributed by atoms with Crippen LogP contribution < -0.4 is 10.3 Å². The average molecular weight is 475 g/mol. The smallest absolute Gasteiger partial charge is 0.254 e. The molecule has 1 aliphatic rings. The highest BCUT2D eigenvalue weighted by Crippen LogP contribution is 2.34. The van der Waals surface area contributed by atoms with Gasteiger partial charge in [0, 0.05) is 30.2 Å². The second kappa shape index (κ2) is 10.6. The van der Waals surface area contributed by atoms with Crippen LogP contribution in [-0.2, 0) is 9.71 Å². The third kappa shape index (κ3) is 5.37. The topological polar surface area (TPSA) is 119 Å². The van der Waals surface area contributed by atoms with Crippen LogP contribution in [0.3, 0.4) is 0 Å². The molecule has 33 heavy (non-hydrogen) atoms. The van der Waals surface area contributed by atoms with E-state index in [0.29, 0.717) is 65.2 Å². The van der Waals surface area contributed by atoms with E-state index in [1.54, 1.807) is 25.1 Å². The number of hydrogen-bond donors (Lipinski definition) is 3. The van der Waals surface area contributed by atoms with Gasteiger partial charge in [-0.05, 0) is 63.1 Å². The van der Waals surface area contributed by atoms with Gasteiger partial charge >= 0.3 is 0 Å². The van der Waals surface area contributed by atoms with Crippen molar-refractivity contribution >= 4 is 21.3 Å². The summed E-state index contributed by atoms with van der Waals surface area (Å²) >= 11 is 0. The SMILES string of the molecule is C=S(=O)(c1ccc(OCC)c(-c2nc(C(=N)CCC)c(C)c(=O)[nH]2)c1)N1CC(CCCO)C1. The summed E-state index contributed by atoms with van der Waals surface area (Å²) in [6, 6.07) is 5.21. The molecule has 1 aliphatic heterocycles. The highest BCUT2D eigenvalue weighted by Gasteiger charge is 2.33. The zero-order chi connectivity index (χ0) is 24.2. The van der Waals surface area contributed by atoms with Crippen molar-refractivity contribution in [3.8, 4) is 17.1 Å². The van der Waals surface area contributed by atoms with E-state index in [-0.39, 0.29) is 18.0 Å². The summed E-state index contributed by atoms with van der Waals surface area (Å²) in [6.45, 7) is 7.42. The molecule has 0 aliphatic carbocycles. The van der Waals surface area contributed by atoms with Gasteiger partial charge in [-0.2, -0.15) is 0 Å². The Morgan fingerprint density at radius 3 is 2.76 bits per heavy atom. The Hall–Kier alpha value is -2.49. The van der Waals surface area contributed by atoms with Crippen molar-refractivity contribution in [3.63, 3.8) is 0 Å². The predicted molar refractivity (Wildman–Crippen MR) is 133 cm³/mol. The van der Waals surface area contributed by atoms with Gasteiger partial charge in [0.2, 0.25) is 0 Å². The lowest BCUT2D eigenvalue weighted by atomic mass is 9.98. The Kier molecular flexibility index (Phi) is 8.10. The number of benzene rings is 1. The van der Waals surface area contributed by atoms with E-state index < -0.39 is 9.71 Å². The van der Waals surface area contributed by atoms with Gasteiger partial charge in [-0.15, -0.1) is 0 Å². The van der Waals surface area contributed by atoms with Crippen LogP contribution in [0.2, 0.25) is 0 Å². The highest BCUT2D eigenvalue weighted by atomic mass is 32.2. The summed E-state index contributed by atoms with van der Waals surface area (Å²) in [7, 11) is -2.72. The number of aromatic nitrogens is 2. The number of nitrogens with one attached hydrogen (secondary N) is 2. The molecule has 2 aromatic rings. The molecule has 9 heteroatoms. The number of rotatable bonds is 11. The number of aromatic amines is 1. The predicted octanol–water partition coefficient (Wildman–Crippen LogP) is 3.01. The second-order valence-corrected chi connectivity index (χ2v) is 10.7. The van der Waals surface area contributed by atoms with Gasteiger partial charge < -0.3 is 20.2 Å². The molecular formula is C24H34N4O4S. The van der Waals surface area contributed by atoms with Crippen LogP contribution in [0.4, 0.5) is 0 Å². The summed E-state index contributed by atoms with van der Waals surface area (Å²) in [5.74, 6) is 5.23. The van der Waals surface area contributed by atoms with Crippen LogP contribution in [0.25, 0.3) is 11.4 Å². The van der Waals surface area contributed by atoms with Crippen molar-refractivity contribution < 1.29 is 14.1 Å². The van der Waals surface area contributed by atoms with Crippen molar-refractivity contribution in [3.05, 3.63) is 39.8 Å². The zero-order valence-corrected chi connectivity index (χ0v) is 20.5. The standard InChI is InChI=1S/C24H34N4O4S/c1-5-8-20(25)22-16(3)24(30)27-23(26-22)19-13-18(10-11-21(19)32-6-2)33(4,31)28-14-17(15-28)9-7-12-29/h10-11,13,17,25,29H,4-9,12,14-15H2,1-3H3,(H,26,27,30). The molecule has 1 aromatic carbocycles. The fraction of sp³-hybridized carbons (Fsp3) is 0.500. The van der Waals surface area contributed by atoms with Crippen LogP contribution in [0.1, 0.15) is 50.8 Å². The lowest BCUT2D eigenvalue weighted by Crippen LogP contribution is -2.49. The molecule has 3 rings (SSSR count). The summed E-state index contributed by atoms with van der Waals surface area (Å²) < 4.78 is 21.3. The maximum Gasteiger partial charge on any atom is 0.254 e. The maximum absolute atomic E-state index is 13.6. The molecule has 0 spiro atoms. The fourth-order valence-electron chi connectivity index (χ4n) is 3.97. The summed E-state index contributed by atoms with van der Waals surface area (Å²) in [5, 5.41) is 17.4. The number of aliphatic hydroxyl groups excluding tert-OH is 1. The van der Waals surface area contributed by atoms with E-state index in [0.717, 1.165) is 19.3 Å². The molecule has 1 atom stereocenters. The monoisotopic (exact) mass is 474 g/mol. The average Bonchev–Trinajstić information content (AvgIpc) is 2.75. The Labute approximate surface area is 195 Å². The van der Waals surface area contributed by atoms with Crippen LogP contribution in [-0.4, -0.2) is 61.5 Å². The largest absolute Gasteiger partial charge is 0.493 e. The van der Waals surface area contributed by atoms with Gasteiger partial charge in [-0.25, -0.2) is 13.5 Å². The van der Waals surface area contributed by atoms with Crippen LogP contribution in [0, 0.1) is 18.3 Å². The molecule has 8 nitrogen and oxygen atoms in total. The van der Waals surface area contributed by atoms with Gasteiger partial charge in [-0.1, -0.05) is 13.3 Å². The third-order valence-corrected chi connectivity index (χ3v) is 8.05.